The minimum Gasteiger partial charge on any atom is -0.494 e. The molecule has 0 bridgehead atoms. The number of aliphatic carboxylic acids is 2. The molecule has 0 heterocycles. The van der Waals surface area contributed by atoms with E-state index in [0.29, 0.717) is 24.3 Å². The number of rotatable bonds is 21. The lowest BCUT2D eigenvalue weighted by atomic mass is 9.91. The lowest BCUT2D eigenvalue weighted by Gasteiger charge is -2.20. The first-order valence-corrected chi connectivity index (χ1v) is 21.2. The third-order valence-electron chi connectivity index (χ3n) is 9.34. The highest BCUT2D eigenvalue weighted by Gasteiger charge is 2.27. The zero-order valence-electron chi connectivity index (χ0n) is 39.5. The van der Waals surface area contributed by atoms with Crippen LogP contribution in [0, 0.1) is 16.7 Å². The van der Waals surface area contributed by atoms with Crippen LogP contribution in [0.3, 0.4) is 0 Å². The first-order valence-electron chi connectivity index (χ1n) is 21.2. The number of hydrogen-bond acceptors (Lipinski definition) is 11. The summed E-state index contributed by atoms with van der Waals surface area (Å²) in [5.74, 6) is -2.02. The quantitative estimate of drug-likeness (QED) is 0.0522. The van der Waals surface area contributed by atoms with Gasteiger partial charge in [-0.25, -0.2) is 4.79 Å². The molecule has 0 aliphatic rings. The van der Waals surface area contributed by atoms with E-state index in [9.17, 15) is 28.8 Å². The van der Waals surface area contributed by atoms with E-state index in [4.69, 9.17) is 33.9 Å². The predicted octanol–water partition coefficient (Wildman–Crippen LogP) is 10.5. The van der Waals surface area contributed by atoms with Gasteiger partial charge in [-0.3, -0.25) is 24.0 Å². The van der Waals surface area contributed by atoms with E-state index in [-0.39, 0.29) is 57.1 Å². The number of ether oxygens (including phenoxy) is 5. The summed E-state index contributed by atoms with van der Waals surface area (Å²) in [6.45, 7) is 30.4. The van der Waals surface area contributed by atoms with Gasteiger partial charge in [0.15, 0.2) is 0 Å². The Morgan fingerprint density at radius 2 is 1.15 bits per heavy atom. The summed E-state index contributed by atoms with van der Waals surface area (Å²) in [4.78, 5) is 65.1. The van der Waals surface area contributed by atoms with Gasteiger partial charge in [0, 0.05) is 5.57 Å². The van der Waals surface area contributed by atoms with Gasteiger partial charge in [-0.15, -0.1) is 0 Å². The van der Waals surface area contributed by atoms with Gasteiger partial charge in [0.2, 0.25) is 0 Å². The molecule has 2 aromatic rings. The average Bonchev–Trinajstić information content (AvgIpc) is 3.26. The highest BCUT2D eigenvalue weighted by Crippen LogP contribution is 2.23. The summed E-state index contributed by atoms with van der Waals surface area (Å²) in [5, 5.41) is 16.5. The van der Waals surface area contributed by atoms with Crippen molar-refractivity contribution >= 4 is 41.9 Å². The maximum absolute atomic E-state index is 11.5. The number of hydrogen-bond donors (Lipinski definition) is 2. The number of carbonyl (C=O) groups is 6. The molecule has 0 aliphatic carbocycles. The van der Waals surface area contributed by atoms with E-state index in [1.165, 1.54) is 17.5 Å². The Kier molecular flexibility index (Phi) is 34.5. The number of carboxylic acids is 2. The van der Waals surface area contributed by atoms with Crippen LogP contribution in [0.15, 0.2) is 73.3 Å². The normalized spacial score (nSPS) is 11.2. The van der Waals surface area contributed by atoms with Crippen molar-refractivity contribution in [2.24, 2.45) is 16.7 Å². The topological polar surface area (TPSA) is 189 Å². The molecule has 62 heavy (non-hydrogen) atoms. The Morgan fingerprint density at radius 1 is 0.677 bits per heavy atom. The van der Waals surface area contributed by atoms with E-state index in [2.05, 4.69) is 39.1 Å². The van der Waals surface area contributed by atoms with Gasteiger partial charge >= 0.3 is 35.8 Å². The van der Waals surface area contributed by atoms with Crippen LogP contribution >= 0.6 is 0 Å². The van der Waals surface area contributed by atoms with Crippen LogP contribution < -0.4 is 4.74 Å². The molecule has 0 aliphatic heterocycles. The second-order valence-electron chi connectivity index (χ2n) is 15.4. The van der Waals surface area contributed by atoms with Gasteiger partial charge < -0.3 is 33.9 Å². The lowest BCUT2D eigenvalue weighted by molar-refractivity contribution is -0.159. The van der Waals surface area contributed by atoms with Crippen molar-refractivity contribution in [2.45, 2.75) is 128 Å². The largest absolute Gasteiger partial charge is 0.494 e. The van der Waals surface area contributed by atoms with Crippen LogP contribution in [0.4, 0.5) is 0 Å². The lowest BCUT2D eigenvalue weighted by Crippen LogP contribution is -2.27. The zero-order valence-corrected chi connectivity index (χ0v) is 39.5. The maximum atomic E-state index is 11.5. The van der Waals surface area contributed by atoms with Crippen molar-refractivity contribution in [1.29, 1.82) is 0 Å². The Morgan fingerprint density at radius 3 is 1.48 bits per heavy atom. The standard InChI is InChI=1S/C12H20O6.C12H20O4.C12H18O.C8H8.C5H10O2/c1-4-12(2,3)11(16)18-8-7-17-10(15)6-5-9(13)14;1-6-12(4,5)11(14)16-8-7-15-10(13)9(2)3;1-4-10(3)11-6-8-12(9-7-11)13-5-2;1-2-8-6-4-3-5-7-8;1-3-4(2)5(6)7/h4-8H2,1-3H3,(H,13,14);2,6-8H2,1,3-5H3;6-10H,4-5H2,1-3H3;2-7H,1H2;4H,3H2,1-2H3,(H,6,7). The van der Waals surface area contributed by atoms with E-state index in [1.54, 1.807) is 27.7 Å². The van der Waals surface area contributed by atoms with Crippen LogP contribution in [-0.4, -0.2) is 79.1 Å². The van der Waals surface area contributed by atoms with Crippen LogP contribution in [0.5, 0.6) is 5.75 Å². The number of benzene rings is 2. The SMILES string of the molecule is C=C(C)C(=O)OCCOC(=O)C(C)(C)CC.C=Cc1ccccc1.CCC(C)(C)C(=O)OCCOC(=O)CCC(=O)O.CCC(C)C(=O)O.CCOc1ccc(C(C)CC)cc1. The predicted molar refractivity (Wildman–Crippen MR) is 244 cm³/mol. The molecule has 0 aromatic heterocycles. The summed E-state index contributed by atoms with van der Waals surface area (Å²) in [7, 11) is 0. The second kappa shape index (κ2) is 35.2. The summed E-state index contributed by atoms with van der Waals surface area (Å²) < 4.78 is 24.8. The summed E-state index contributed by atoms with van der Waals surface area (Å²) in [6.07, 6.45) is 4.66. The van der Waals surface area contributed by atoms with Crippen molar-refractivity contribution in [3.8, 4) is 5.75 Å². The molecule has 0 saturated carbocycles. The fraction of sp³-hybridized carbons (Fsp3) is 0.551. The molecule has 13 nitrogen and oxygen atoms in total. The molecule has 350 valence electrons. The van der Waals surface area contributed by atoms with Gasteiger partial charge in [0.1, 0.15) is 32.2 Å². The van der Waals surface area contributed by atoms with Crippen LogP contribution in [0.1, 0.15) is 139 Å². The molecule has 0 spiro atoms. The third kappa shape index (κ3) is 31.4. The zero-order chi connectivity index (χ0) is 48.3. The van der Waals surface area contributed by atoms with E-state index >= 15 is 0 Å². The van der Waals surface area contributed by atoms with Crippen LogP contribution in [0.25, 0.3) is 6.08 Å². The Hall–Kier alpha value is -5.46. The Labute approximate surface area is 371 Å². The first kappa shape index (κ1) is 60.8. The molecule has 0 amide bonds. The van der Waals surface area contributed by atoms with Crippen molar-refractivity contribution in [2.75, 3.05) is 33.0 Å². The molecular formula is C49H76O13. The molecule has 2 N–H and O–H groups in total. The second-order valence-corrected chi connectivity index (χ2v) is 15.4. The van der Waals surface area contributed by atoms with Gasteiger partial charge in [-0.2, -0.15) is 0 Å². The fourth-order valence-corrected chi connectivity index (χ4v) is 3.70. The van der Waals surface area contributed by atoms with E-state index in [1.807, 2.05) is 90.1 Å². The molecule has 2 unspecified atom stereocenters. The number of carbonyl (C=O) groups excluding carboxylic acids is 4. The number of carboxylic acid groups (broad SMARTS) is 2. The smallest absolute Gasteiger partial charge is 0.333 e. The highest BCUT2D eigenvalue weighted by molar-refractivity contribution is 5.87. The van der Waals surface area contributed by atoms with Crippen molar-refractivity contribution in [3.63, 3.8) is 0 Å². The fourth-order valence-electron chi connectivity index (χ4n) is 3.70. The molecule has 13 heteroatoms. The molecule has 2 rings (SSSR count). The Bertz CT molecular complexity index is 1600. The molecule has 0 saturated heterocycles. The Balaban J connectivity index is -0.000000729. The van der Waals surface area contributed by atoms with Crippen molar-refractivity contribution < 1.29 is 62.7 Å². The molecule has 2 atom stereocenters. The van der Waals surface area contributed by atoms with Crippen molar-refractivity contribution in [3.05, 3.63) is 84.5 Å². The minimum absolute atomic E-state index is 0.0128. The third-order valence-corrected chi connectivity index (χ3v) is 9.34. The molecule has 0 fully saturated rings. The van der Waals surface area contributed by atoms with Gasteiger partial charge in [0.25, 0.3) is 0 Å². The molecular weight excluding hydrogens is 797 g/mol. The highest BCUT2D eigenvalue weighted by atomic mass is 16.6. The summed E-state index contributed by atoms with van der Waals surface area (Å²) >= 11 is 0. The number of esters is 4. The average molecular weight is 873 g/mol. The monoisotopic (exact) mass is 873 g/mol. The van der Waals surface area contributed by atoms with Gasteiger partial charge in [0.05, 0.1) is 36.2 Å². The van der Waals surface area contributed by atoms with Crippen molar-refractivity contribution in [1.82, 2.24) is 0 Å². The molecule has 0 radical (unpaired) electrons. The van der Waals surface area contributed by atoms with Crippen LogP contribution in [-0.2, 0) is 47.7 Å². The van der Waals surface area contributed by atoms with E-state index < -0.39 is 34.7 Å². The van der Waals surface area contributed by atoms with Crippen LogP contribution in [0.2, 0.25) is 0 Å². The minimum atomic E-state index is -1.05. The van der Waals surface area contributed by atoms with Gasteiger partial charge in [-0.1, -0.05) is 103 Å². The van der Waals surface area contributed by atoms with E-state index in [0.717, 1.165) is 18.8 Å². The van der Waals surface area contributed by atoms with Gasteiger partial charge in [-0.05, 0) is 96.4 Å². The molecule has 2 aromatic carbocycles. The summed E-state index contributed by atoms with van der Waals surface area (Å²) in [5.41, 5.74) is 1.87. The first-order chi connectivity index (χ1) is 29.0. The summed E-state index contributed by atoms with van der Waals surface area (Å²) in [6, 6.07) is 18.4. The maximum Gasteiger partial charge on any atom is 0.333 e.